The summed E-state index contributed by atoms with van der Waals surface area (Å²) in [5.74, 6) is -0.110. The number of rotatable bonds is 4. The van der Waals surface area contributed by atoms with Crippen molar-refractivity contribution in [2.24, 2.45) is 5.73 Å². The third-order valence-electron chi connectivity index (χ3n) is 2.83. The van der Waals surface area contributed by atoms with Crippen molar-refractivity contribution in [3.8, 4) is 0 Å². The van der Waals surface area contributed by atoms with Crippen LogP contribution in [-0.4, -0.2) is 28.0 Å². The lowest BCUT2D eigenvalue weighted by molar-refractivity contribution is 0.0937. The predicted octanol–water partition coefficient (Wildman–Crippen LogP) is 1.49. The lowest BCUT2D eigenvalue weighted by Crippen LogP contribution is -2.36. The first-order valence-electron chi connectivity index (χ1n) is 6.33. The van der Waals surface area contributed by atoms with Gasteiger partial charge in [-0.3, -0.25) is 14.8 Å². The first-order chi connectivity index (χ1) is 9.06. The summed E-state index contributed by atoms with van der Waals surface area (Å²) in [7, 11) is 0. The molecule has 2 rings (SSSR count). The normalized spacial score (nSPS) is 14.1. The maximum absolute atomic E-state index is 12.1. The third-order valence-corrected chi connectivity index (χ3v) is 2.83. The Bertz CT molecular complexity index is 582. The van der Waals surface area contributed by atoms with E-state index in [1.807, 2.05) is 13.8 Å². The minimum atomic E-state index is -0.110. The standard InChI is InChI=1S/C14H18N4O/c1-9(15)7-10(2)18-14(19)11-3-4-12-13(8-11)17-6-5-16-12/h3-6,8-10H,7,15H2,1-2H3,(H,18,19). The number of hydrogen-bond acceptors (Lipinski definition) is 4. The molecule has 5 heteroatoms. The highest BCUT2D eigenvalue weighted by molar-refractivity contribution is 5.97. The van der Waals surface area contributed by atoms with Gasteiger partial charge in [0.1, 0.15) is 0 Å². The fraction of sp³-hybridized carbons (Fsp3) is 0.357. The van der Waals surface area contributed by atoms with Gasteiger partial charge >= 0.3 is 0 Å². The van der Waals surface area contributed by atoms with Crippen LogP contribution in [0.5, 0.6) is 0 Å². The summed E-state index contributed by atoms with van der Waals surface area (Å²) in [4.78, 5) is 20.4. The molecular formula is C14H18N4O. The number of nitrogens with one attached hydrogen (secondary N) is 1. The van der Waals surface area contributed by atoms with Gasteiger partial charge in [-0.05, 0) is 38.5 Å². The molecule has 0 bridgehead atoms. The maximum atomic E-state index is 12.1. The Balaban J connectivity index is 2.13. The quantitative estimate of drug-likeness (QED) is 0.870. The summed E-state index contributed by atoms with van der Waals surface area (Å²) in [5, 5.41) is 2.93. The van der Waals surface area contributed by atoms with Crippen molar-refractivity contribution in [1.29, 1.82) is 0 Å². The largest absolute Gasteiger partial charge is 0.350 e. The number of hydrogen-bond donors (Lipinski definition) is 2. The van der Waals surface area contributed by atoms with Gasteiger partial charge in [-0.1, -0.05) is 0 Å². The molecule has 19 heavy (non-hydrogen) atoms. The molecule has 0 aliphatic carbocycles. The average Bonchev–Trinajstić information content (AvgIpc) is 2.37. The molecular weight excluding hydrogens is 240 g/mol. The highest BCUT2D eigenvalue weighted by Gasteiger charge is 2.11. The Morgan fingerprint density at radius 3 is 2.63 bits per heavy atom. The van der Waals surface area contributed by atoms with Crippen LogP contribution in [-0.2, 0) is 0 Å². The van der Waals surface area contributed by atoms with Gasteiger partial charge in [0, 0.05) is 30.0 Å². The van der Waals surface area contributed by atoms with E-state index in [1.54, 1.807) is 30.6 Å². The highest BCUT2D eigenvalue weighted by Crippen LogP contribution is 2.11. The molecule has 100 valence electrons. The molecule has 2 aromatic rings. The van der Waals surface area contributed by atoms with Crippen LogP contribution in [0.15, 0.2) is 30.6 Å². The van der Waals surface area contributed by atoms with Crippen LogP contribution >= 0.6 is 0 Å². The van der Waals surface area contributed by atoms with E-state index in [9.17, 15) is 4.79 Å². The minimum Gasteiger partial charge on any atom is -0.350 e. The zero-order valence-corrected chi connectivity index (χ0v) is 11.1. The molecule has 2 unspecified atom stereocenters. The Morgan fingerprint density at radius 1 is 1.26 bits per heavy atom. The second kappa shape index (κ2) is 5.75. The number of aromatic nitrogens is 2. The molecule has 1 aromatic carbocycles. The van der Waals surface area contributed by atoms with Crippen molar-refractivity contribution in [3.05, 3.63) is 36.2 Å². The van der Waals surface area contributed by atoms with Crippen LogP contribution < -0.4 is 11.1 Å². The molecule has 0 radical (unpaired) electrons. The zero-order valence-electron chi connectivity index (χ0n) is 11.1. The molecule has 0 saturated heterocycles. The van der Waals surface area contributed by atoms with Crippen LogP contribution in [0, 0.1) is 0 Å². The van der Waals surface area contributed by atoms with Crippen LogP contribution in [0.4, 0.5) is 0 Å². The van der Waals surface area contributed by atoms with Crippen molar-refractivity contribution >= 4 is 16.9 Å². The predicted molar refractivity (Wildman–Crippen MR) is 74.7 cm³/mol. The van der Waals surface area contributed by atoms with Gasteiger partial charge in [-0.25, -0.2) is 0 Å². The summed E-state index contributed by atoms with van der Waals surface area (Å²) in [6, 6.07) is 5.41. The molecule has 2 atom stereocenters. The van der Waals surface area contributed by atoms with Crippen LogP contribution in [0.2, 0.25) is 0 Å². The monoisotopic (exact) mass is 258 g/mol. The molecule has 5 nitrogen and oxygen atoms in total. The minimum absolute atomic E-state index is 0.0463. The second-order valence-corrected chi connectivity index (χ2v) is 4.85. The van der Waals surface area contributed by atoms with Gasteiger partial charge in [-0.15, -0.1) is 0 Å². The van der Waals surface area contributed by atoms with Crippen molar-refractivity contribution in [2.45, 2.75) is 32.4 Å². The summed E-state index contributed by atoms with van der Waals surface area (Å²) in [5.41, 5.74) is 7.80. The average molecular weight is 258 g/mol. The van der Waals surface area contributed by atoms with E-state index in [0.717, 1.165) is 17.5 Å². The Labute approximate surface area is 112 Å². The number of fused-ring (bicyclic) bond motifs is 1. The highest BCUT2D eigenvalue weighted by atomic mass is 16.1. The number of nitrogens with two attached hydrogens (primary N) is 1. The molecule has 0 fully saturated rings. The van der Waals surface area contributed by atoms with E-state index >= 15 is 0 Å². The van der Waals surface area contributed by atoms with Crippen molar-refractivity contribution in [1.82, 2.24) is 15.3 Å². The number of benzene rings is 1. The van der Waals surface area contributed by atoms with E-state index in [2.05, 4.69) is 15.3 Å². The number of amides is 1. The Hall–Kier alpha value is -2.01. The zero-order chi connectivity index (χ0) is 13.8. The molecule has 1 amide bonds. The summed E-state index contributed by atoms with van der Waals surface area (Å²) in [6.07, 6.45) is 3.99. The molecule has 1 heterocycles. The van der Waals surface area contributed by atoms with Gasteiger partial charge in [0.05, 0.1) is 11.0 Å². The van der Waals surface area contributed by atoms with Crippen LogP contribution in [0.1, 0.15) is 30.6 Å². The second-order valence-electron chi connectivity index (χ2n) is 4.85. The lowest BCUT2D eigenvalue weighted by atomic mass is 10.1. The number of nitrogens with zero attached hydrogens (tertiary/aromatic N) is 2. The molecule has 0 aliphatic rings. The van der Waals surface area contributed by atoms with Gasteiger partial charge in [0.2, 0.25) is 0 Å². The van der Waals surface area contributed by atoms with Gasteiger partial charge in [0.25, 0.3) is 5.91 Å². The number of carbonyl (C=O) groups excluding carboxylic acids is 1. The summed E-state index contributed by atoms with van der Waals surface area (Å²) < 4.78 is 0. The lowest BCUT2D eigenvalue weighted by Gasteiger charge is -2.15. The molecule has 0 saturated carbocycles. The first-order valence-corrected chi connectivity index (χ1v) is 6.33. The van der Waals surface area contributed by atoms with Gasteiger partial charge in [-0.2, -0.15) is 0 Å². The van der Waals surface area contributed by atoms with Crippen LogP contribution in [0.3, 0.4) is 0 Å². The molecule has 3 N–H and O–H groups in total. The van der Waals surface area contributed by atoms with Gasteiger partial charge < -0.3 is 11.1 Å². The van der Waals surface area contributed by atoms with E-state index in [1.165, 1.54) is 0 Å². The van der Waals surface area contributed by atoms with Gasteiger partial charge in [0.15, 0.2) is 0 Å². The maximum Gasteiger partial charge on any atom is 0.251 e. The van der Waals surface area contributed by atoms with Crippen molar-refractivity contribution < 1.29 is 4.79 Å². The van der Waals surface area contributed by atoms with Crippen LogP contribution in [0.25, 0.3) is 11.0 Å². The molecule has 0 aliphatic heterocycles. The Morgan fingerprint density at radius 2 is 1.95 bits per heavy atom. The SMILES string of the molecule is CC(N)CC(C)NC(=O)c1ccc2nccnc2c1. The fourth-order valence-electron chi connectivity index (χ4n) is 2.03. The molecule has 1 aromatic heterocycles. The number of carbonyl (C=O) groups is 1. The fourth-order valence-corrected chi connectivity index (χ4v) is 2.03. The van der Waals surface area contributed by atoms with E-state index in [4.69, 9.17) is 5.73 Å². The third kappa shape index (κ3) is 3.48. The van der Waals surface area contributed by atoms with E-state index < -0.39 is 0 Å². The first kappa shape index (κ1) is 13.4. The Kier molecular flexibility index (Phi) is 4.06. The molecule has 0 spiro atoms. The smallest absolute Gasteiger partial charge is 0.251 e. The van der Waals surface area contributed by atoms with Crippen molar-refractivity contribution in [2.75, 3.05) is 0 Å². The summed E-state index contributed by atoms with van der Waals surface area (Å²) >= 11 is 0. The topological polar surface area (TPSA) is 80.9 Å². The summed E-state index contributed by atoms with van der Waals surface area (Å²) in [6.45, 7) is 3.87. The van der Waals surface area contributed by atoms with Crippen molar-refractivity contribution in [3.63, 3.8) is 0 Å². The van der Waals surface area contributed by atoms with E-state index in [-0.39, 0.29) is 18.0 Å². The van der Waals surface area contributed by atoms with E-state index in [0.29, 0.717) is 5.56 Å².